The second-order valence-corrected chi connectivity index (χ2v) is 8.65. The van der Waals surface area contributed by atoms with E-state index < -0.39 is 23.5 Å². The van der Waals surface area contributed by atoms with Crippen LogP contribution < -0.4 is 5.32 Å². The van der Waals surface area contributed by atoms with Crippen molar-refractivity contribution in [1.29, 1.82) is 0 Å². The summed E-state index contributed by atoms with van der Waals surface area (Å²) in [7, 11) is 0. The number of hydrogen-bond acceptors (Lipinski definition) is 3. The normalized spacial score (nSPS) is 14.9. The predicted octanol–water partition coefficient (Wildman–Crippen LogP) is 5.22. The Kier molecular flexibility index (Phi) is 6.30. The minimum atomic E-state index is -1.08. The first-order valence-corrected chi connectivity index (χ1v) is 10.2. The molecule has 2 N–H and O–H groups in total. The number of benzene rings is 2. The van der Waals surface area contributed by atoms with Crippen LogP contribution in [0.5, 0.6) is 0 Å². The van der Waals surface area contributed by atoms with Crippen molar-refractivity contribution in [3.8, 4) is 11.1 Å². The molecule has 1 amide bonds. The number of carboxylic acid groups (broad SMARTS) is 1. The van der Waals surface area contributed by atoms with Crippen LogP contribution in [0.1, 0.15) is 44.2 Å². The summed E-state index contributed by atoms with van der Waals surface area (Å²) in [6.07, 6.45) is 1.65. The molecule has 1 aliphatic carbocycles. The van der Waals surface area contributed by atoms with E-state index in [2.05, 4.69) is 24.0 Å². The summed E-state index contributed by atoms with van der Waals surface area (Å²) in [5, 5.41) is 12.3. The van der Waals surface area contributed by atoms with Gasteiger partial charge in [0, 0.05) is 5.92 Å². The third-order valence-corrected chi connectivity index (χ3v) is 5.88. The fourth-order valence-electron chi connectivity index (χ4n) is 4.38. The van der Waals surface area contributed by atoms with Gasteiger partial charge in [0.15, 0.2) is 0 Å². The van der Waals surface area contributed by atoms with E-state index >= 15 is 0 Å². The van der Waals surface area contributed by atoms with E-state index in [1.807, 2.05) is 57.2 Å². The maximum absolute atomic E-state index is 12.5. The number of ether oxygens (including phenoxy) is 1. The molecule has 0 aromatic heterocycles. The molecule has 5 heteroatoms. The van der Waals surface area contributed by atoms with E-state index in [1.54, 1.807) is 6.08 Å². The molecule has 0 spiro atoms. The van der Waals surface area contributed by atoms with Crippen molar-refractivity contribution >= 4 is 12.1 Å². The fourth-order valence-corrected chi connectivity index (χ4v) is 4.38. The van der Waals surface area contributed by atoms with Crippen LogP contribution in [0, 0.1) is 11.3 Å². The molecule has 0 saturated heterocycles. The largest absolute Gasteiger partial charge is 0.480 e. The summed E-state index contributed by atoms with van der Waals surface area (Å²) in [6, 6.07) is 15.1. The topological polar surface area (TPSA) is 75.6 Å². The smallest absolute Gasteiger partial charge is 0.407 e. The zero-order valence-corrected chi connectivity index (χ0v) is 17.7. The Morgan fingerprint density at radius 1 is 1.13 bits per heavy atom. The Balaban J connectivity index is 1.71. The molecule has 30 heavy (non-hydrogen) atoms. The van der Waals surface area contributed by atoms with Gasteiger partial charge in [-0.3, -0.25) is 0 Å². The van der Waals surface area contributed by atoms with Crippen LogP contribution in [-0.4, -0.2) is 29.8 Å². The average Bonchev–Trinajstić information content (AvgIpc) is 3.03. The van der Waals surface area contributed by atoms with Gasteiger partial charge in [-0.25, -0.2) is 9.59 Å². The minimum Gasteiger partial charge on any atom is -0.480 e. The van der Waals surface area contributed by atoms with E-state index in [4.69, 9.17) is 4.74 Å². The molecule has 5 nitrogen and oxygen atoms in total. The van der Waals surface area contributed by atoms with Crippen LogP contribution in [0.4, 0.5) is 4.79 Å². The zero-order valence-electron chi connectivity index (χ0n) is 17.7. The van der Waals surface area contributed by atoms with Crippen LogP contribution in [-0.2, 0) is 9.53 Å². The van der Waals surface area contributed by atoms with E-state index in [0.29, 0.717) is 6.42 Å². The quantitative estimate of drug-likeness (QED) is 0.589. The maximum atomic E-state index is 12.5. The first kappa shape index (κ1) is 21.6. The van der Waals surface area contributed by atoms with Gasteiger partial charge in [-0.1, -0.05) is 75.4 Å². The third-order valence-electron chi connectivity index (χ3n) is 5.88. The fraction of sp³-hybridized carbons (Fsp3) is 0.360. The van der Waals surface area contributed by atoms with E-state index in [-0.39, 0.29) is 18.4 Å². The van der Waals surface area contributed by atoms with Gasteiger partial charge in [0.2, 0.25) is 0 Å². The molecule has 0 bridgehead atoms. The molecule has 1 aliphatic rings. The summed E-state index contributed by atoms with van der Waals surface area (Å²) in [5.74, 6) is -1.02. The van der Waals surface area contributed by atoms with Crippen molar-refractivity contribution in [3.63, 3.8) is 0 Å². The number of nitrogens with one attached hydrogen (secondary N) is 1. The number of fused-ring (bicyclic) bond motifs is 3. The Hall–Kier alpha value is -3.08. The Bertz CT molecular complexity index is 904. The number of aliphatic carboxylic acids is 1. The number of hydrogen-bond donors (Lipinski definition) is 2. The highest BCUT2D eigenvalue weighted by molar-refractivity contribution is 5.81. The van der Waals surface area contributed by atoms with Gasteiger partial charge in [0.1, 0.15) is 12.6 Å². The van der Waals surface area contributed by atoms with Crippen LogP contribution in [0.15, 0.2) is 61.2 Å². The lowest BCUT2D eigenvalue weighted by atomic mass is 9.77. The monoisotopic (exact) mass is 407 g/mol. The van der Waals surface area contributed by atoms with Crippen LogP contribution in [0.2, 0.25) is 0 Å². The lowest BCUT2D eigenvalue weighted by Crippen LogP contribution is -2.51. The molecular weight excluding hydrogens is 378 g/mol. The van der Waals surface area contributed by atoms with Gasteiger partial charge in [-0.2, -0.15) is 0 Å². The molecule has 0 aliphatic heterocycles. The predicted molar refractivity (Wildman–Crippen MR) is 117 cm³/mol. The van der Waals surface area contributed by atoms with Crippen LogP contribution in [0.3, 0.4) is 0 Å². The number of allylic oxidation sites excluding steroid dienone is 1. The van der Waals surface area contributed by atoms with Gasteiger partial charge in [0.25, 0.3) is 0 Å². The van der Waals surface area contributed by atoms with Crippen molar-refractivity contribution in [3.05, 3.63) is 72.3 Å². The summed E-state index contributed by atoms with van der Waals surface area (Å²) in [5.41, 5.74) is 3.85. The number of rotatable bonds is 8. The number of carbonyl (C=O) groups excluding carboxylic acids is 1. The van der Waals surface area contributed by atoms with E-state index in [0.717, 1.165) is 22.3 Å². The van der Waals surface area contributed by atoms with Crippen LogP contribution >= 0.6 is 0 Å². The molecular formula is C25H29NO4. The van der Waals surface area contributed by atoms with Crippen molar-refractivity contribution in [2.24, 2.45) is 11.3 Å². The molecule has 3 rings (SSSR count). The number of alkyl carbamates (subject to hydrolysis) is 1. The lowest BCUT2D eigenvalue weighted by Gasteiger charge is -2.33. The lowest BCUT2D eigenvalue weighted by molar-refractivity contribution is -0.142. The molecule has 2 aromatic rings. The molecule has 2 atom stereocenters. The first-order valence-electron chi connectivity index (χ1n) is 10.2. The van der Waals surface area contributed by atoms with Gasteiger partial charge in [-0.05, 0) is 40.0 Å². The van der Waals surface area contributed by atoms with E-state index in [9.17, 15) is 14.7 Å². The average molecular weight is 408 g/mol. The minimum absolute atomic E-state index is 0.0692. The zero-order chi connectivity index (χ0) is 21.9. The number of amides is 1. The Morgan fingerprint density at radius 3 is 2.17 bits per heavy atom. The molecule has 1 unspecified atom stereocenters. The van der Waals surface area contributed by atoms with Gasteiger partial charge < -0.3 is 15.2 Å². The molecule has 0 saturated carbocycles. The molecule has 2 aromatic carbocycles. The van der Waals surface area contributed by atoms with Crippen molar-refractivity contribution in [2.75, 3.05) is 6.61 Å². The van der Waals surface area contributed by atoms with Gasteiger partial charge in [0.05, 0.1) is 0 Å². The van der Waals surface area contributed by atoms with Gasteiger partial charge in [-0.15, -0.1) is 6.58 Å². The third kappa shape index (κ3) is 4.40. The highest BCUT2D eigenvalue weighted by Gasteiger charge is 2.38. The van der Waals surface area contributed by atoms with Crippen molar-refractivity contribution < 1.29 is 19.4 Å². The highest BCUT2D eigenvalue weighted by Crippen LogP contribution is 2.44. The summed E-state index contributed by atoms with van der Waals surface area (Å²) >= 11 is 0. The first-order chi connectivity index (χ1) is 14.2. The van der Waals surface area contributed by atoms with Crippen molar-refractivity contribution in [1.82, 2.24) is 5.32 Å². The number of carbonyl (C=O) groups is 2. The second-order valence-electron chi connectivity index (χ2n) is 8.65. The van der Waals surface area contributed by atoms with Gasteiger partial charge >= 0.3 is 12.1 Å². The molecule has 0 fully saturated rings. The summed E-state index contributed by atoms with van der Waals surface area (Å²) < 4.78 is 5.51. The highest BCUT2D eigenvalue weighted by atomic mass is 16.5. The maximum Gasteiger partial charge on any atom is 0.407 e. The molecule has 0 heterocycles. The van der Waals surface area contributed by atoms with Crippen molar-refractivity contribution in [2.45, 2.75) is 39.2 Å². The standard InChI is InChI=1S/C25H29NO4/c1-5-16(2)14-25(3,4)22(23(27)28)26-24(29)30-15-21-19-12-8-6-10-17(19)18-11-7-9-13-20(18)21/h5-13,16,21-22H,1,14-15H2,2-4H3,(H,26,29)(H,27,28)/t16?,22-/m1/s1. The van der Waals surface area contributed by atoms with Crippen LogP contribution in [0.25, 0.3) is 11.1 Å². The Labute approximate surface area is 177 Å². The SMILES string of the molecule is C=CC(C)CC(C)(C)[C@H](NC(=O)OCC1c2ccccc2-c2ccccc21)C(=O)O. The number of carboxylic acids is 1. The molecule has 158 valence electrons. The molecule has 0 radical (unpaired) electrons. The summed E-state index contributed by atoms with van der Waals surface area (Å²) in [4.78, 5) is 24.4. The second kappa shape index (κ2) is 8.74. The Morgan fingerprint density at radius 2 is 1.67 bits per heavy atom. The summed E-state index contributed by atoms with van der Waals surface area (Å²) in [6.45, 7) is 9.54. The van der Waals surface area contributed by atoms with E-state index in [1.165, 1.54) is 0 Å².